The SMILES string of the molecule is CC(C)C[C@H]1CCC[C@@H](N)C1. The molecule has 0 aromatic rings. The minimum atomic E-state index is 0.507. The number of nitrogens with two attached hydrogens (primary N) is 1. The molecule has 0 saturated heterocycles. The average molecular weight is 155 g/mol. The maximum atomic E-state index is 5.90. The molecule has 0 spiro atoms. The Balaban J connectivity index is 2.23. The molecule has 1 nitrogen and oxygen atoms in total. The molecule has 2 N–H and O–H groups in total. The summed E-state index contributed by atoms with van der Waals surface area (Å²) in [4.78, 5) is 0. The molecule has 0 aromatic heterocycles. The van der Waals surface area contributed by atoms with Crippen molar-refractivity contribution in [2.45, 2.75) is 52.0 Å². The second kappa shape index (κ2) is 4.10. The summed E-state index contributed by atoms with van der Waals surface area (Å²) < 4.78 is 0. The zero-order valence-electron chi connectivity index (χ0n) is 7.84. The molecule has 0 heterocycles. The Morgan fingerprint density at radius 1 is 1.36 bits per heavy atom. The van der Waals surface area contributed by atoms with Gasteiger partial charge in [-0.2, -0.15) is 0 Å². The van der Waals surface area contributed by atoms with Gasteiger partial charge in [-0.1, -0.05) is 26.7 Å². The first-order valence-electron chi connectivity index (χ1n) is 4.94. The highest BCUT2D eigenvalue weighted by atomic mass is 14.6. The first-order chi connectivity index (χ1) is 5.18. The summed E-state index contributed by atoms with van der Waals surface area (Å²) in [6, 6.07) is 0.507. The minimum Gasteiger partial charge on any atom is -0.328 e. The van der Waals surface area contributed by atoms with Crippen LogP contribution in [-0.4, -0.2) is 6.04 Å². The molecular formula is C10H21N. The Morgan fingerprint density at radius 3 is 2.64 bits per heavy atom. The molecule has 1 heteroatoms. The van der Waals surface area contributed by atoms with Crippen LogP contribution in [0.2, 0.25) is 0 Å². The molecule has 2 atom stereocenters. The van der Waals surface area contributed by atoms with Crippen molar-refractivity contribution in [3.63, 3.8) is 0 Å². The van der Waals surface area contributed by atoms with Gasteiger partial charge in [0.05, 0.1) is 0 Å². The molecule has 0 bridgehead atoms. The van der Waals surface area contributed by atoms with E-state index in [1.54, 1.807) is 0 Å². The van der Waals surface area contributed by atoms with Crippen LogP contribution in [-0.2, 0) is 0 Å². The fourth-order valence-electron chi connectivity index (χ4n) is 2.21. The fourth-order valence-corrected chi connectivity index (χ4v) is 2.21. The van der Waals surface area contributed by atoms with Crippen molar-refractivity contribution >= 4 is 0 Å². The van der Waals surface area contributed by atoms with Gasteiger partial charge in [-0.15, -0.1) is 0 Å². The van der Waals surface area contributed by atoms with E-state index in [-0.39, 0.29) is 0 Å². The second-order valence-electron chi connectivity index (χ2n) is 4.42. The van der Waals surface area contributed by atoms with Crippen LogP contribution in [0.25, 0.3) is 0 Å². The molecule has 0 unspecified atom stereocenters. The molecule has 0 amide bonds. The molecule has 0 aliphatic heterocycles. The van der Waals surface area contributed by atoms with Crippen molar-refractivity contribution in [2.75, 3.05) is 0 Å². The van der Waals surface area contributed by atoms with E-state index in [0.717, 1.165) is 11.8 Å². The zero-order valence-corrected chi connectivity index (χ0v) is 7.84. The molecule has 0 aromatic carbocycles. The van der Waals surface area contributed by atoms with E-state index in [1.165, 1.54) is 32.1 Å². The molecule has 66 valence electrons. The standard InChI is InChI=1S/C10H21N/c1-8(2)6-9-4-3-5-10(11)7-9/h8-10H,3-7,11H2,1-2H3/t9-,10-/m1/s1. The van der Waals surface area contributed by atoms with E-state index < -0.39 is 0 Å². The lowest BCUT2D eigenvalue weighted by atomic mass is 9.81. The van der Waals surface area contributed by atoms with Gasteiger partial charge in [0, 0.05) is 6.04 Å². The van der Waals surface area contributed by atoms with E-state index in [0.29, 0.717) is 6.04 Å². The summed E-state index contributed by atoms with van der Waals surface area (Å²) in [5, 5.41) is 0. The molecule has 11 heavy (non-hydrogen) atoms. The predicted molar refractivity (Wildman–Crippen MR) is 49.4 cm³/mol. The predicted octanol–water partition coefficient (Wildman–Crippen LogP) is 2.55. The Morgan fingerprint density at radius 2 is 2.09 bits per heavy atom. The highest BCUT2D eigenvalue weighted by Gasteiger charge is 2.19. The molecule has 1 aliphatic carbocycles. The van der Waals surface area contributed by atoms with Crippen molar-refractivity contribution < 1.29 is 0 Å². The van der Waals surface area contributed by atoms with Crippen LogP contribution in [0.5, 0.6) is 0 Å². The molecule has 1 fully saturated rings. The van der Waals surface area contributed by atoms with Gasteiger partial charge in [0.1, 0.15) is 0 Å². The Hall–Kier alpha value is -0.0400. The largest absolute Gasteiger partial charge is 0.328 e. The van der Waals surface area contributed by atoms with Crippen molar-refractivity contribution in [1.29, 1.82) is 0 Å². The van der Waals surface area contributed by atoms with Crippen LogP contribution >= 0.6 is 0 Å². The molecular weight excluding hydrogens is 134 g/mol. The third-order valence-electron chi connectivity index (χ3n) is 2.63. The first-order valence-corrected chi connectivity index (χ1v) is 4.94. The highest BCUT2D eigenvalue weighted by Crippen LogP contribution is 2.28. The van der Waals surface area contributed by atoms with Gasteiger partial charge >= 0.3 is 0 Å². The maximum absolute atomic E-state index is 5.90. The van der Waals surface area contributed by atoms with Crippen LogP contribution < -0.4 is 5.73 Å². The summed E-state index contributed by atoms with van der Waals surface area (Å²) >= 11 is 0. The monoisotopic (exact) mass is 155 g/mol. The molecule has 1 saturated carbocycles. The molecule has 0 radical (unpaired) electrons. The first kappa shape index (κ1) is 9.05. The highest BCUT2D eigenvalue weighted by molar-refractivity contribution is 4.75. The van der Waals surface area contributed by atoms with Crippen molar-refractivity contribution in [1.82, 2.24) is 0 Å². The Bertz CT molecular complexity index is 107. The van der Waals surface area contributed by atoms with Gasteiger partial charge in [-0.05, 0) is 31.1 Å². The van der Waals surface area contributed by atoms with Crippen molar-refractivity contribution in [2.24, 2.45) is 17.6 Å². The van der Waals surface area contributed by atoms with Gasteiger partial charge in [0.2, 0.25) is 0 Å². The van der Waals surface area contributed by atoms with Crippen molar-refractivity contribution in [3.05, 3.63) is 0 Å². The van der Waals surface area contributed by atoms with Crippen molar-refractivity contribution in [3.8, 4) is 0 Å². The zero-order chi connectivity index (χ0) is 8.27. The molecule has 1 aliphatic rings. The fraction of sp³-hybridized carbons (Fsp3) is 1.00. The van der Waals surface area contributed by atoms with E-state index in [9.17, 15) is 0 Å². The second-order valence-corrected chi connectivity index (χ2v) is 4.42. The normalized spacial score (nSPS) is 32.7. The third kappa shape index (κ3) is 3.24. The van der Waals surface area contributed by atoms with Gasteiger partial charge in [-0.25, -0.2) is 0 Å². The van der Waals surface area contributed by atoms with Crippen LogP contribution in [0.4, 0.5) is 0 Å². The number of hydrogen-bond donors (Lipinski definition) is 1. The van der Waals surface area contributed by atoms with E-state index in [4.69, 9.17) is 5.73 Å². The number of hydrogen-bond acceptors (Lipinski definition) is 1. The summed E-state index contributed by atoms with van der Waals surface area (Å²) in [7, 11) is 0. The van der Waals surface area contributed by atoms with E-state index in [2.05, 4.69) is 13.8 Å². The van der Waals surface area contributed by atoms with Crippen LogP contribution in [0.15, 0.2) is 0 Å². The van der Waals surface area contributed by atoms with Gasteiger partial charge in [-0.3, -0.25) is 0 Å². The van der Waals surface area contributed by atoms with Crippen LogP contribution in [0, 0.1) is 11.8 Å². The molecule has 1 rings (SSSR count). The number of rotatable bonds is 2. The Labute approximate surface area is 70.4 Å². The Kier molecular flexibility index (Phi) is 3.38. The average Bonchev–Trinajstić information content (AvgIpc) is 1.85. The lowest BCUT2D eigenvalue weighted by molar-refractivity contribution is 0.280. The summed E-state index contributed by atoms with van der Waals surface area (Å²) in [5.41, 5.74) is 5.90. The van der Waals surface area contributed by atoms with E-state index >= 15 is 0 Å². The van der Waals surface area contributed by atoms with E-state index in [1.807, 2.05) is 0 Å². The van der Waals surface area contributed by atoms with Gasteiger partial charge < -0.3 is 5.73 Å². The summed E-state index contributed by atoms with van der Waals surface area (Å²) in [5.74, 6) is 1.78. The van der Waals surface area contributed by atoms with Crippen LogP contribution in [0.3, 0.4) is 0 Å². The third-order valence-corrected chi connectivity index (χ3v) is 2.63. The lowest BCUT2D eigenvalue weighted by Gasteiger charge is -2.27. The maximum Gasteiger partial charge on any atom is 0.00414 e. The van der Waals surface area contributed by atoms with Crippen LogP contribution in [0.1, 0.15) is 46.0 Å². The lowest BCUT2D eigenvalue weighted by Crippen LogP contribution is -2.28. The minimum absolute atomic E-state index is 0.507. The summed E-state index contributed by atoms with van der Waals surface area (Å²) in [6.45, 7) is 4.61. The van der Waals surface area contributed by atoms with Gasteiger partial charge in [0.25, 0.3) is 0 Å². The summed E-state index contributed by atoms with van der Waals surface area (Å²) in [6.07, 6.45) is 6.70. The van der Waals surface area contributed by atoms with Gasteiger partial charge in [0.15, 0.2) is 0 Å². The smallest absolute Gasteiger partial charge is 0.00414 e. The topological polar surface area (TPSA) is 26.0 Å². The quantitative estimate of drug-likeness (QED) is 0.651.